The Labute approximate surface area is 93.1 Å². The van der Waals surface area contributed by atoms with Gasteiger partial charge in [0.25, 0.3) is 0 Å². The molecule has 0 radical (unpaired) electrons. The zero-order chi connectivity index (χ0) is 10.4. The van der Waals surface area contributed by atoms with Gasteiger partial charge in [0.1, 0.15) is 0 Å². The number of nitrogens with zero attached hydrogens (tertiary/aromatic N) is 1. The third-order valence-electron chi connectivity index (χ3n) is 2.87. The Kier molecular flexibility index (Phi) is 5.23. The number of nitrogens with one attached hydrogen (secondary N) is 1. The number of piperidine rings is 1. The van der Waals surface area contributed by atoms with Gasteiger partial charge in [0.15, 0.2) is 5.11 Å². The van der Waals surface area contributed by atoms with E-state index >= 15 is 0 Å². The average Bonchev–Trinajstić information content (AvgIpc) is 2.18. The van der Waals surface area contributed by atoms with Crippen molar-refractivity contribution in [2.75, 3.05) is 13.1 Å². The normalized spacial score (nSPS) is 22.1. The smallest absolute Gasteiger partial charge is 0.169 e. The fourth-order valence-electron chi connectivity index (χ4n) is 1.87. The summed E-state index contributed by atoms with van der Waals surface area (Å²) < 4.78 is 0. The lowest BCUT2D eigenvalue weighted by molar-refractivity contribution is 0.255. The third kappa shape index (κ3) is 3.45. The molecule has 1 aliphatic rings. The Morgan fingerprint density at radius 3 is 2.93 bits per heavy atom. The molecule has 1 saturated heterocycles. The van der Waals surface area contributed by atoms with Gasteiger partial charge in [-0.3, -0.25) is 0 Å². The largest absolute Gasteiger partial charge is 0.363 e. The van der Waals surface area contributed by atoms with Gasteiger partial charge in [-0.2, -0.15) is 0 Å². The van der Waals surface area contributed by atoms with E-state index in [1.54, 1.807) is 0 Å². The van der Waals surface area contributed by atoms with E-state index in [-0.39, 0.29) is 0 Å². The maximum absolute atomic E-state index is 5.38. The fraction of sp³-hybridized carbons (Fsp3) is 0.909. The Morgan fingerprint density at radius 2 is 2.29 bits per heavy atom. The number of hydrogen-bond acceptors (Lipinski definition) is 1. The minimum absolute atomic E-state index is 0.630. The molecule has 0 aliphatic carbocycles. The highest BCUT2D eigenvalue weighted by atomic mass is 32.1. The van der Waals surface area contributed by atoms with Crippen molar-refractivity contribution in [3.8, 4) is 0 Å². The van der Waals surface area contributed by atoms with Gasteiger partial charge in [-0.15, -0.1) is 0 Å². The lowest BCUT2D eigenvalue weighted by Crippen LogP contribution is -2.47. The number of thiocarbonyl (C=S) groups is 1. The highest BCUT2D eigenvalue weighted by Crippen LogP contribution is 2.16. The maximum atomic E-state index is 5.38. The van der Waals surface area contributed by atoms with E-state index in [0.29, 0.717) is 6.04 Å². The highest BCUT2D eigenvalue weighted by molar-refractivity contribution is 7.80. The molecule has 0 spiro atoms. The molecule has 1 heterocycles. The second kappa shape index (κ2) is 6.23. The van der Waals surface area contributed by atoms with Crippen LogP contribution in [-0.4, -0.2) is 29.1 Å². The van der Waals surface area contributed by atoms with Crippen LogP contribution < -0.4 is 5.32 Å². The van der Waals surface area contributed by atoms with E-state index in [0.717, 1.165) is 18.2 Å². The minimum Gasteiger partial charge on any atom is -0.363 e. The molecule has 0 saturated carbocycles. The monoisotopic (exact) mass is 214 g/mol. The molecule has 0 amide bonds. The van der Waals surface area contributed by atoms with Crippen molar-refractivity contribution >= 4 is 17.3 Å². The van der Waals surface area contributed by atoms with Crippen molar-refractivity contribution in [1.29, 1.82) is 0 Å². The summed E-state index contributed by atoms with van der Waals surface area (Å²) in [6.07, 6.45) is 6.37. The molecule has 0 aromatic heterocycles. The summed E-state index contributed by atoms with van der Waals surface area (Å²) in [7, 11) is 0. The molecule has 3 heteroatoms. The maximum Gasteiger partial charge on any atom is 0.169 e. The van der Waals surface area contributed by atoms with E-state index in [1.165, 1.54) is 32.1 Å². The van der Waals surface area contributed by atoms with E-state index in [2.05, 4.69) is 24.1 Å². The summed E-state index contributed by atoms with van der Waals surface area (Å²) in [5.74, 6) is 0. The van der Waals surface area contributed by atoms with Crippen LogP contribution in [0.1, 0.15) is 46.0 Å². The third-order valence-corrected chi connectivity index (χ3v) is 3.25. The molecule has 2 nitrogen and oxygen atoms in total. The number of hydrogen-bond donors (Lipinski definition) is 1. The topological polar surface area (TPSA) is 15.3 Å². The summed E-state index contributed by atoms with van der Waals surface area (Å²) in [5, 5.41) is 4.30. The summed E-state index contributed by atoms with van der Waals surface area (Å²) >= 11 is 5.38. The standard InChI is InChI=1S/C11H22N2S/c1-3-4-8-12-11(14)13-9-6-5-7-10(13)2/h10H,3-9H2,1-2H3,(H,12,14). The molecule has 0 aromatic rings. The van der Waals surface area contributed by atoms with Crippen LogP contribution in [-0.2, 0) is 0 Å². The molecule has 1 unspecified atom stereocenters. The minimum atomic E-state index is 0.630. The number of likely N-dealkylation sites (tertiary alicyclic amines) is 1. The summed E-state index contributed by atoms with van der Waals surface area (Å²) in [6, 6.07) is 0.630. The highest BCUT2D eigenvalue weighted by Gasteiger charge is 2.19. The predicted octanol–water partition coefficient (Wildman–Crippen LogP) is 2.54. The van der Waals surface area contributed by atoms with Crippen molar-refractivity contribution in [3.63, 3.8) is 0 Å². The Hall–Kier alpha value is -0.310. The molecule has 82 valence electrons. The second-order valence-corrected chi connectivity index (χ2v) is 4.51. The van der Waals surface area contributed by atoms with E-state index in [1.807, 2.05) is 0 Å². The molecule has 0 bridgehead atoms. The van der Waals surface area contributed by atoms with Crippen LogP contribution in [0.3, 0.4) is 0 Å². The van der Waals surface area contributed by atoms with Crippen molar-refractivity contribution < 1.29 is 0 Å². The molecule has 1 aliphatic heterocycles. The second-order valence-electron chi connectivity index (χ2n) is 4.12. The molecule has 1 N–H and O–H groups in total. The zero-order valence-electron chi connectivity index (χ0n) is 9.38. The van der Waals surface area contributed by atoms with Crippen LogP contribution in [0.5, 0.6) is 0 Å². The van der Waals surface area contributed by atoms with Crippen LogP contribution in [0.25, 0.3) is 0 Å². The first kappa shape index (κ1) is 11.8. The molecule has 1 rings (SSSR count). The van der Waals surface area contributed by atoms with E-state index in [4.69, 9.17) is 12.2 Å². The van der Waals surface area contributed by atoms with Gasteiger partial charge in [0, 0.05) is 19.1 Å². The van der Waals surface area contributed by atoms with Crippen LogP contribution in [0.15, 0.2) is 0 Å². The average molecular weight is 214 g/mol. The summed E-state index contributed by atoms with van der Waals surface area (Å²) in [4.78, 5) is 2.34. The Balaban J connectivity index is 2.27. The molecule has 1 atom stereocenters. The summed E-state index contributed by atoms with van der Waals surface area (Å²) in [6.45, 7) is 6.64. The molecule has 0 aromatic carbocycles. The first-order valence-electron chi connectivity index (χ1n) is 5.80. The van der Waals surface area contributed by atoms with Crippen LogP contribution >= 0.6 is 12.2 Å². The van der Waals surface area contributed by atoms with Crippen molar-refractivity contribution in [1.82, 2.24) is 10.2 Å². The first-order chi connectivity index (χ1) is 6.75. The van der Waals surface area contributed by atoms with Gasteiger partial charge in [-0.1, -0.05) is 13.3 Å². The van der Waals surface area contributed by atoms with Crippen molar-refractivity contribution in [3.05, 3.63) is 0 Å². The molecular formula is C11H22N2S. The van der Waals surface area contributed by atoms with E-state index < -0.39 is 0 Å². The van der Waals surface area contributed by atoms with Gasteiger partial charge < -0.3 is 10.2 Å². The molecule has 14 heavy (non-hydrogen) atoms. The van der Waals surface area contributed by atoms with Gasteiger partial charge in [-0.05, 0) is 44.8 Å². The quantitative estimate of drug-likeness (QED) is 0.574. The fourth-order valence-corrected chi connectivity index (χ4v) is 2.25. The Bertz CT molecular complexity index is 182. The van der Waals surface area contributed by atoms with Crippen LogP contribution in [0.4, 0.5) is 0 Å². The SMILES string of the molecule is CCCCNC(=S)N1CCCCC1C. The first-order valence-corrected chi connectivity index (χ1v) is 6.21. The van der Waals surface area contributed by atoms with Gasteiger partial charge in [0.05, 0.1) is 0 Å². The van der Waals surface area contributed by atoms with Crippen molar-refractivity contribution in [2.45, 2.75) is 52.0 Å². The Morgan fingerprint density at radius 1 is 1.50 bits per heavy atom. The van der Waals surface area contributed by atoms with Gasteiger partial charge in [0.2, 0.25) is 0 Å². The lowest BCUT2D eigenvalue weighted by atomic mass is 10.0. The van der Waals surface area contributed by atoms with Crippen LogP contribution in [0.2, 0.25) is 0 Å². The molecule has 1 fully saturated rings. The van der Waals surface area contributed by atoms with Crippen LogP contribution in [0, 0.1) is 0 Å². The van der Waals surface area contributed by atoms with E-state index in [9.17, 15) is 0 Å². The summed E-state index contributed by atoms with van der Waals surface area (Å²) in [5.41, 5.74) is 0. The number of rotatable bonds is 3. The zero-order valence-corrected chi connectivity index (χ0v) is 10.2. The van der Waals surface area contributed by atoms with Gasteiger partial charge in [-0.25, -0.2) is 0 Å². The number of unbranched alkanes of at least 4 members (excludes halogenated alkanes) is 1. The lowest BCUT2D eigenvalue weighted by Gasteiger charge is -2.35. The van der Waals surface area contributed by atoms with Crippen molar-refractivity contribution in [2.24, 2.45) is 0 Å². The molecular weight excluding hydrogens is 192 g/mol. The predicted molar refractivity (Wildman–Crippen MR) is 65.5 cm³/mol. The van der Waals surface area contributed by atoms with Gasteiger partial charge >= 0.3 is 0 Å².